The molecule has 7 heteroatoms. The number of nitrogens with zero attached hydrogens (tertiary/aromatic N) is 3. The van der Waals surface area contributed by atoms with Crippen molar-refractivity contribution in [1.29, 1.82) is 0 Å². The van der Waals surface area contributed by atoms with E-state index in [0.29, 0.717) is 0 Å². The Bertz CT molecular complexity index is 695. The maximum atomic E-state index is 12.9. The first-order valence-corrected chi connectivity index (χ1v) is 7.49. The van der Waals surface area contributed by atoms with E-state index in [4.69, 9.17) is 0 Å². The van der Waals surface area contributed by atoms with Crippen molar-refractivity contribution in [2.24, 2.45) is 7.05 Å². The molecular formula is C13H16FN3O2S. The summed E-state index contributed by atoms with van der Waals surface area (Å²) in [7, 11) is -0.575. The van der Waals surface area contributed by atoms with Gasteiger partial charge in [-0.1, -0.05) is 12.1 Å². The van der Waals surface area contributed by atoms with Gasteiger partial charge in [-0.15, -0.1) is 0 Å². The molecule has 0 spiro atoms. The highest BCUT2D eigenvalue weighted by atomic mass is 32.2. The molecule has 2 aromatic rings. The smallest absolute Gasteiger partial charge is 0.256 e. The maximum Gasteiger partial charge on any atom is 0.260 e. The molecule has 0 aliphatic carbocycles. The normalized spacial score (nSPS) is 13.7. The van der Waals surface area contributed by atoms with Gasteiger partial charge in [-0.2, -0.15) is 9.40 Å². The first-order valence-electron chi connectivity index (χ1n) is 6.05. The predicted octanol–water partition coefficient (Wildman–Crippen LogP) is 1.94. The molecule has 0 saturated heterocycles. The predicted molar refractivity (Wildman–Crippen MR) is 73.0 cm³/mol. The lowest BCUT2D eigenvalue weighted by Crippen LogP contribution is -2.31. The van der Waals surface area contributed by atoms with Gasteiger partial charge in [0.1, 0.15) is 5.82 Å². The van der Waals surface area contributed by atoms with Gasteiger partial charge < -0.3 is 0 Å². The zero-order valence-corrected chi connectivity index (χ0v) is 12.3. The highest BCUT2D eigenvalue weighted by molar-refractivity contribution is 7.89. The molecule has 1 heterocycles. The molecule has 0 radical (unpaired) electrons. The van der Waals surface area contributed by atoms with Crippen LogP contribution in [0.4, 0.5) is 4.39 Å². The van der Waals surface area contributed by atoms with E-state index in [1.807, 2.05) is 0 Å². The molecule has 1 aromatic heterocycles. The first kappa shape index (κ1) is 14.7. The number of rotatable bonds is 4. The molecule has 2 rings (SSSR count). The lowest BCUT2D eigenvalue weighted by Gasteiger charge is -2.24. The minimum absolute atomic E-state index is 0.119. The Labute approximate surface area is 117 Å². The van der Waals surface area contributed by atoms with Crippen LogP contribution < -0.4 is 0 Å². The van der Waals surface area contributed by atoms with Crippen molar-refractivity contribution in [1.82, 2.24) is 14.1 Å². The van der Waals surface area contributed by atoms with Crippen molar-refractivity contribution >= 4 is 10.0 Å². The van der Waals surface area contributed by atoms with Crippen molar-refractivity contribution < 1.29 is 12.8 Å². The zero-order chi connectivity index (χ0) is 14.9. The summed E-state index contributed by atoms with van der Waals surface area (Å²) in [4.78, 5) is 0. The van der Waals surface area contributed by atoms with Crippen LogP contribution in [0.2, 0.25) is 0 Å². The van der Waals surface area contributed by atoms with E-state index >= 15 is 0 Å². The van der Waals surface area contributed by atoms with E-state index in [-0.39, 0.29) is 10.8 Å². The molecule has 1 unspecified atom stereocenters. The third kappa shape index (κ3) is 2.59. The fourth-order valence-electron chi connectivity index (χ4n) is 1.92. The Hall–Kier alpha value is -1.73. The van der Waals surface area contributed by atoms with Gasteiger partial charge in [0.2, 0.25) is 0 Å². The van der Waals surface area contributed by atoms with Crippen LogP contribution in [0.25, 0.3) is 0 Å². The van der Waals surface area contributed by atoms with Gasteiger partial charge in [-0.05, 0) is 30.7 Å². The van der Waals surface area contributed by atoms with E-state index in [2.05, 4.69) is 5.10 Å². The molecule has 108 valence electrons. The Morgan fingerprint density at radius 3 is 2.35 bits per heavy atom. The van der Waals surface area contributed by atoms with Gasteiger partial charge in [0.15, 0.2) is 5.03 Å². The second-order valence-electron chi connectivity index (χ2n) is 4.54. The number of aromatic nitrogens is 2. The van der Waals surface area contributed by atoms with Crippen molar-refractivity contribution in [3.05, 3.63) is 47.9 Å². The number of aryl methyl sites for hydroxylation is 1. The second-order valence-corrected chi connectivity index (χ2v) is 6.49. The summed E-state index contributed by atoms with van der Waals surface area (Å²) in [5, 5.41) is 3.99. The molecule has 0 amide bonds. The van der Waals surface area contributed by atoms with Crippen LogP contribution in [0.15, 0.2) is 41.6 Å². The quantitative estimate of drug-likeness (QED) is 0.866. The highest BCUT2D eigenvalue weighted by Crippen LogP contribution is 2.25. The lowest BCUT2D eigenvalue weighted by molar-refractivity contribution is 0.393. The highest BCUT2D eigenvalue weighted by Gasteiger charge is 2.28. The van der Waals surface area contributed by atoms with Gasteiger partial charge in [-0.25, -0.2) is 12.8 Å². The van der Waals surface area contributed by atoms with Crippen molar-refractivity contribution in [3.63, 3.8) is 0 Å². The Balaban J connectivity index is 2.33. The number of sulfonamides is 1. The van der Waals surface area contributed by atoms with Crippen LogP contribution in [-0.2, 0) is 17.1 Å². The van der Waals surface area contributed by atoms with Gasteiger partial charge in [-0.3, -0.25) is 4.68 Å². The summed E-state index contributed by atoms with van der Waals surface area (Å²) in [6.07, 6.45) is 1.43. The van der Waals surface area contributed by atoms with Gasteiger partial charge in [0.25, 0.3) is 10.0 Å². The van der Waals surface area contributed by atoms with Crippen LogP contribution in [0.1, 0.15) is 18.5 Å². The summed E-state index contributed by atoms with van der Waals surface area (Å²) < 4.78 is 40.4. The Morgan fingerprint density at radius 1 is 1.25 bits per heavy atom. The largest absolute Gasteiger partial charge is 0.260 e. The topological polar surface area (TPSA) is 55.2 Å². The average molecular weight is 297 g/mol. The number of hydrogen-bond acceptors (Lipinski definition) is 3. The van der Waals surface area contributed by atoms with E-state index in [1.54, 1.807) is 26.1 Å². The fraction of sp³-hybridized carbons (Fsp3) is 0.308. The minimum atomic E-state index is -3.64. The molecule has 0 fully saturated rings. The summed E-state index contributed by atoms with van der Waals surface area (Å²) in [5.41, 5.74) is 0.722. The summed E-state index contributed by atoms with van der Waals surface area (Å²) in [6, 6.07) is 6.83. The summed E-state index contributed by atoms with van der Waals surface area (Å²) in [5.74, 6) is -0.349. The van der Waals surface area contributed by atoms with Crippen LogP contribution >= 0.6 is 0 Å². The van der Waals surface area contributed by atoms with Gasteiger partial charge >= 0.3 is 0 Å². The van der Waals surface area contributed by atoms with Crippen molar-refractivity contribution in [3.8, 4) is 0 Å². The molecule has 1 atom stereocenters. The Kier molecular flexibility index (Phi) is 3.92. The van der Waals surface area contributed by atoms with Crippen molar-refractivity contribution in [2.45, 2.75) is 18.0 Å². The maximum absolute atomic E-state index is 12.9. The molecule has 0 aliphatic heterocycles. The van der Waals surface area contributed by atoms with Crippen LogP contribution in [0, 0.1) is 5.82 Å². The standard InChI is InChI=1S/C13H16FN3O2S/c1-10(11-4-6-12(14)7-5-11)17(3)20(18,19)13-8-9-15-16(13)2/h4-10H,1-3H3. The lowest BCUT2D eigenvalue weighted by atomic mass is 10.1. The van der Waals surface area contributed by atoms with Crippen LogP contribution in [0.3, 0.4) is 0 Å². The molecule has 0 bridgehead atoms. The number of halogens is 1. The number of benzene rings is 1. The molecule has 0 N–H and O–H groups in total. The number of hydrogen-bond donors (Lipinski definition) is 0. The van der Waals surface area contributed by atoms with E-state index in [0.717, 1.165) is 5.56 Å². The van der Waals surface area contributed by atoms with Crippen molar-refractivity contribution in [2.75, 3.05) is 7.05 Å². The third-order valence-corrected chi connectivity index (χ3v) is 5.32. The van der Waals surface area contributed by atoms with E-state index in [1.165, 1.54) is 40.4 Å². The molecule has 0 aliphatic rings. The first-order chi connectivity index (χ1) is 9.34. The fourth-order valence-corrected chi connectivity index (χ4v) is 3.37. The molecule has 20 heavy (non-hydrogen) atoms. The zero-order valence-electron chi connectivity index (χ0n) is 11.5. The minimum Gasteiger partial charge on any atom is -0.256 e. The van der Waals surface area contributed by atoms with Crippen LogP contribution in [0.5, 0.6) is 0 Å². The summed E-state index contributed by atoms with van der Waals surface area (Å²) >= 11 is 0. The summed E-state index contributed by atoms with van der Waals surface area (Å²) in [6.45, 7) is 1.75. The molecule has 5 nitrogen and oxygen atoms in total. The van der Waals surface area contributed by atoms with Gasteiger partial charge in [0, 0.05) is 20.1 Å². The molecular weight excluding hydrogens is 281 g/mol. The monoisotopic (exact) mass is 297 g/mol. The average Bonchev–Trinajstić information content (AvgIpc) is 2.85. The third-order valence-electron chi connectivity index (χ3n) is 3.32. The van der Waals surface area contributed by atoms with E-state index < -0.39 is 16.1 Å². The SMILES string of the molecule is CC(c1ccc(F)cc1)N(C)S(=O)(=O)c1ccnn1C. The Morgan fingerprint density at radius 2 is 1.85 bits per heavy atom. The second kappa shape index (κ2) is 5.34. The molecule has 1 aromatic carbocycles. The van der Waals surface area contributed by atoms with Gasteiger partial charge in [0.05, 0.1) is 6.20 Å². The van der Waals surface area contributed by atoms with E-state index in [9.17, 15) is 12.8 Å². The molecule has 0 saturated carbocycles. The van der Waals surface area contributed by atoms with Crippen LogP contribution in [-0.4, -0.2) is 29.6 Å².